The highest BCUT2D eigenvalue weighted by Gasteiger charge is 2.40. The van der Waals surface area contributed by atoms with Gasteiger partial charge in [0.2, 0.25) is 0 Å². The molecule has 0 atom stereocenters. The van der Waals surface area contributed by atoms with Crippen molar-refractivity contribution in [2.24, 2.45) is 0 Å². The van der Waals surface area contributed by atoms with Gasteiger partial charge in [0.15, 0.2) is 0 Å². The van der Waals surface area contributed by atoms with Crippen molar-refractivity contribution in [2.75, 3.05) is 0 Å². The van der Waals surface area contributed by atoms with E-state index in [9.17, 15) is 4.39 Å². The fourth-order valence-electron chi connectivity index (χ4n) is 6.52. The molecule has 0 amide bonds. The van der Waals surface area contributed by atoms with Crippen molar-refractivity contribution in [3.63, 3.8) is 0 Å². The molecule has 3 heterocycles. The highest BCUT2D eigenvalue weighted by molar-refractivity contribution is 5.82. The maximum absolute atomic E-state index is 15.7. The van der Waals surface area contributed by atoms with E-state index in [-0.39, 0.29) is 11.6 Å². The summed E-state index contributed by atoms with van der Waals surface area (Å²) in [5, 5.41) is 5.29. The van der Waals surface area contributed by atoms with Crippen molar-refractivity contribution in [2.45, 2.75) is 5.54 Å². The number of rotatable bonds is 7. The van der Waals surface area contributed by atoms with Gasteiger partial charge in [0.25, 0.3) is 0 Å². The fraction of sp³-hybridized carbons (Fsp3) is 0.0244. The van der Waals surface area contributed by atoms with Crippen molar-refractivity contribution in [3.8, 4) is 33.6 Å². The Kier molecular flexibility index (Phi) is 7.03. The largest absolute Gasteiger partial charge is 0.299 e. The van der Waals surface area contributed by atoms with Gasteiger partial charge in [-0.05, 0) is 65.2 Å². The molecule has 0 aliphatic heterocycles. The van der Waals surface area contributed by atoms with E-state index in [1.165, 1.54) is 18.2 Å². The molecule has 0 aliphatic carbocycles. The second-order valence-electron chi connectivity index (χ2n) is 11.4. The third-order valence-corrected chi connectivity index (χ3v) is 8.72. The Bertz CT molecular complexity index is 2210. The minimum atomic E-state index is -0.888. The molecule has 0 bridgehead atoms. The van der Waals surface area contributed by atoms with E-state index in [0.29, 0.717) is 11.3 Å². The smallest absolute Gasteiger partial charge is 0.138 e. The Hall–Kier alpha value is -6.14. The van der Waals surface area contributed by atoms with E-state index in [1.807, 2.05) is 94.3 Å². The number of hydrogen-bond donors (Lipinski definition) is 0. The molecular formula is C41H28F2N4. The van der Waals surface area contributed by atoms with Crippen LogP contribution in [-0.4, -0.2) is 19.2 Å². The molecule has 0 saturated carbocycles. The first kappa shape index (κ1) is 28.3. The van der Waals surface area contributed by atoms with E-state index in [4.69, 9.17) is 5.10 Å². The highest BCUT2D eigenvalue weighted by atomic mass is 19.1. The zero-order chi connectivity index (χ0) is 31.8. The van der Waals surface area contributed by atoms with Gasteiger partial charge in [0.1, 0.15) is 28.5 Å². The number of aromatic nitrogens is 4. The van der Waals surface area contributed by atoms with Gasteiger partial charge in [-0.15, -0.1) is 0 Å². The normalized spacial score (nSPS) is 11.6. The summed E-state index contributed by atoms with van der Waals surface area (Å²) < 4.78 is 33.4. The van der Waals surface area contributed by atoms with Crippen LogP contribution in [0.2, 0.25) is 0 Å². The predicted octanol–water partition coefficient (Wildman–Crippen LogP) is 9.65. The topological polar surface area (TPSA) is 35.1 Å². The lowest BCUT2D eigenvalue weighted by Gasteiger charge is -2.36. The van der Waals surface area contributed by atoms with Gasteiger partial charge in [-0.2, -0.15) is 5.10 Å². The zero-order valence-corrected chi connectivity index (χ0v) is 25.2. The van der Waals surface area contributed by atoms with Crippen molar-refractivity contribution >= 4 is 5.65 Å². The van der Waals surface area contributed by atoms with Crippen LogP contribution in [0.4, 0.5) is 8.78 Å². The maximum Gasteiger partial charge on any atom is 0.138 e. The molecule has 0 aliphatic rings. The van der Waals surface area contributed by atoms with Crippen molar-refractivity contribution in [3.05, 3.63) is 199 Å². The van der Waals surface area contributed by atoms with Crippen LogP contribution in [-0.2, 0) is 5.54 Å². The van der Waals surface area contributed by atoms with Gasteiger partial charge in [-0.1, -0.05) is 103 Å². The maximum atomic E-state index is 15.7. The highest BCUT2D eigenvalue weighted by Crippen LogP contribution is 2.43. The van der Waals surface area contributed by atoms with Gasteiger partial charge >= 0.3 is 0 Å². The van der Waals surface area contributed by atoms with Gasteiger partial charge < -0.3 is 0 Å². The second kappa shape index (κ2) is 11.7. The summed E-state index contributed by atoms with van der Waals surface area (Å²) >= 11 is 0. The lowest BCUT2D eigenvalue weighted by Crippen LogP contribution is -2.38. The summed E-state index contributed by atoms with van der Waals surface area (Å²) in [7, 11) is 0. The molecule has 8 rings (SSSR count). The lowest BCUT2D eigenvalue weighted by atomic mass is 9.77. The Balaban J connectivity index is 1.43. The molecule has 6 heteroatoms. The van der Waals surface area contributed by atoms with Crippen LogP contribution in [0.25, 0.3) is 39.3 Å². The Morgan fingerprint density at radius 2 is 1.06 bits per heavy atom. The summed E-state index contributed by atoms with van der Waals surface area (Å²) in [4.78, 5) is 4.60. The molecule has 3 aromatic heterocycles. The molecule has 5 aromatic carbocycles. The van der Waals surface area contributed by atoms with Crippen LogP contribution < -0.4 is 0 Å². The van der Waals surface area contributed by atoms with Gasteiger partial charge in [0, 0.05) is 34.6 Å². The number of halogens is 2. The molecule has 8 aromatic rings. The number of hydrogen-bond acceptors (Lipinski definition) is 2. The zero-order valence-electron chi connectivity index (χ0n) is 25.2. The van der Waals surface area contributed by atoms with E-state index < -0.39 is 5.54 Å². The number of imidazole rings is 1. The minimum absolute atomic E-state index is 0.302. The third kappa shape index (κ3) is 4.82. The van der Waals surface area contributed by atoms with Crippen LogP contribution in [0, 0.1) is 11.6 Å². The molecular weight excluding hydrogens is 586 g/mol. The van der Waals surface area contributed by atoms with Gasteiger partial charge in [-0.3, -0.25) is 9.08 Å². The van der Waals surface area contributed by atoms with Crippen molar-refractivity contribution in [1.82, 2.24) is 19.2 Å². The Labute approximate surface area is 270 Å². The average Bonchev–Trinajstić information content (AvgIpc) is 3.76. The molecule has 0 spiro atoms. The van der Waals surface area contributed by atoms with E-state index >= 15 is 4.39 Å². The number of nitrogens with zero attached hydrogens (tertiary/aromatic N) is 4. The first-order chi connectivity index (χ1) is 23.1. The number of fused-ring (bicyclic) bond motifs is 1. The predicted molar refractivity (Wildman–Crippen MR) is 182 cm³/mol. The second-order valence-corrected chi connectivity index (χ2v) is 11.4. The molecule has 0 saturated heterocycles. The third-order valence-electron chi connectivity index (χ3n) is 8.72. The van der Waals surface area contributed by atoms with E-state index in [1.54, 1.807) is 30.5 Å². The summed E-state index contributed by atoms with van der Waals surface area (Å²) in [6, 6.07) is 47.8. The standard InChI is InChI=1S/C41H28F2N4/c42-34-23-20-29(21-24-34)38-26-44-39-25-22-30(27-46(38)39)36-28-47(45-40(36)35-18-10-11-19-37(35)43)41(31-12-4-1-5-13-31,32-14-6-2-7-15-32)33-16-8-3-9-17-33/h1-28H. The first-order valence-corrected chi connectivity index (χ1v) is 15.4. The summed E-state index contributed by atoms with van der Waals surface area (Å²) in [5.41, 5.74) is 7.01. The number of pyridine rings is 1. The molecule has 226 valence electrons. The van der Waals surface area contributed by atoms with Crippen LogP contribution in [0.15, 0.2) is 170 Å². The van der Waals surface area contributed by atoms with E-state index in [0.717, 1.165) is 44.7 Å². The quantitative estimate of drug-likeness (QED) is 0.168. The van der Waals surface area contributed by atoms with Crippen LogP contribution >= 0.6 is 0 Å². The summed E-state index contributed by atoms with van der Waals surface area (Å²) in [6.07, 6.45) is 5.78. The Morgan fingerprint density at radius 1 is 0.511 bits per heavy atom. The fourth-order valence-corrected chi connectivity index (χ4v) is 6.52. The van der Waals surface area contributed by atoms with Crippen LogP contribution in [0.5, 0.6) is 0 Å². The van der Waals surface area contributed by atoms with Crippen LogP contribution in [0.3, 0.4) is 0 Å². The molecule has 0 unspecified atom stereocenters. The molecule has 0 N–H and O–H groups in total. The average molecular weight is 615 g/mol. The molecule has 0 radical (unpaired) electrons. The monoisotopic (exact) mass is 614 g/mol. The first-order valence-electron chi connectivity index (χ1n) is 15.4. The minimum Gasteiger partial charge on any atom is -0.299 e. The molecule has 47 heavy (non-hydrogen) atoms. The Morgan fingerprint density at radius 3 is 1.66 bits per heavy atom. The SMILES string of the molecule is Fc1ccc(-c2cnc3ccc(-c4cn(C(c5ccccc5)(c5ccccc5)c5ccccc5)nc4-c4ccccc4F)cn23)cc1. The lowest BCUT2D eigenvalue weighted by molar-refractivity contribution is 0.461. The summed E-state index contributed by atoms with van der Waals surface area (Å²) in [5.74, 6) is -0.664. The number of benzene rings is 5. The van der Waals surface area contributed by atoms with Crippen molar-refractivity contribution in [1.29, 1.82) is 0 Å². The summed E-state index contributed by atoms with van der Waals surface area (Å²) in [6.45, 7) is 0. The van der Waals surface area contributed by atoms with Gasteiger partial charge in [-0.25, -0.2) is 13.8 Å². The van der Waals surface area contributed by atoms with Gasteiger partial charge in [0.05, 0.1) is 11.9 Å². The molecule has 4 nitrogen and oxygen atoms in total. The van der Waals surface area contributed by atoms with E-state index in [2.05, 4.69) is 41.4 Å². The van der Waals surface area contributed by atoms with Crippen molar-refractivity contribution < 1.29 is 8.78 Å². The molecule has 0 fully saturated rings. The van der Waals surface area contributed by atoms with Crippen LogP contribution in [0.1, 0.15) is 16.7 Å².